The molecular weight excluding hydrogens is 338 g/mol. The van der Waals surface area contributed by atoms with Crippen molar-refractivity contribution in [2.45, 2.75) is 83.1 Å². The van der Waals surface area contributed by atoms with Crippen LogP contribution in [0.15, 0.2) is 6.20 Å². The van der Waals surface area contributed by atoms with Crippen LogP contribution in [0.3, 0.4) is 0 Å². The van der Waals surface area contributed by atoms with Crippen molar-refractivity contribution in [1.82, 2.24) is 14.7 Å². The first kappa shape index (κ1) is 18.8. The van der Waals surface area contributed by atoms with Gasteiger partial charge in [0.15, 0.2) is 0 Å². The number of amides is 1. The highest BCUT2D eigenvalue weighted by Gasteiger charge is 2.36. The average molecular weight is 374 g/mol. The molecule has 1 aromatic rings. The largest absolute Gasteiger partial charge is 0.477 e. The van der Waals surface area contributed by atoms with E-state index in [2.05, 4.69) is 10.00 Å². The van der Waals surface area contributed by atoms with E-state index in [4.69, 9.17) is 4.74 Å². The summed E-state index contributed by atoms with van der Waals surface area (Å²) < 4.78 is 7.91. The van der Waals surface area contributed by atoms with Gasteiger partial charge in [-0.15, -0.1) is 0 Å². The van der Waals surface area contributed by atoms with E-state index in [1.165, 1.54) is 64.2 Å². The minimum atomic E-state index is 0.137. The Hall–Kier alpha value is -1.52. The fourth-order valence-electron chi connectivity index (χ4n) is 5.50. The SMILES string of the molecule is Cn1ncc(C(=O)N2CCC[C@@H]3CCCCC[C@@H]32)c1OCC1CCCCC1. The predicted octanol–water partition coefficient (Wildman–Crippen LogP) is 4.56. The van der Waals surface area contributed by atoms with Crippen molar-refractivity contribution in [2.24, 2.45) is 18.9 Å². The van der Waals surface area contributed by atoms with Gasteiger partial charge in [0, 0.05) is 19.6 Å². The van der Waals surface area contributed by atoms with Crippen molar-refractivity contribution in [3.63, 3.8) is 0 Å². The zero-order chi connectivity index (χ0) is 18.6. The number of carbonyl (C=O) groups is 1. The Morgan fingerprint density at radius 3 is 2.56 bits per heavy atom. The summed E-state index contributed by atoms with van der Waals surface area (Å²) in [6.07, 6.45) is 16.9. The van der Waals surface area contributed by atoms with Crippen LogP contribution in [-0.2, 0) is 7.05 Å². The summed E-state index contributed by atoms with van der Waals surface area (Å²) in [4.78, 5) is 15.6. The lowest BCUT2D eigenvalue weighted by molar-refractivity contribution is 0.0473. The molecule has 0 N–H and O–H groups in total. The second-order valence-corrected chi connectivity index (χ2v) is 8.91. The molecule has 4 rings (SSSR count). The Balaban J connectivity index is 1.47. The highest BCUT2D eigenvalue weighted by atomic mass is 16.5. The van der Waals surface area contributed by atoms with Gasteiger partial charge in [0.25, 0.3) is 5.91 Å². The van der Waals surface area contributed by atoms with Gasteiger partial charge in [-0.25, -0.2) is 4.68 Å². The molecule has 2 atom stereocenters. The summed E-state index contributed by atoms with van der Waals surface area (Å²) >= 11 is 0. The number of aromatic nitrogens is 2. The summed E-state index contributed by atoms with van der Waals surface area (Å²) in [6, 6.07) is 0.417. The van der Waals surface area contributed by atoms with E-state index in [9.17, 15) is 4.79 Å². The molecule has 1 amide bonds. The van der Waals surface area contributed by atoms with Gasteiger partial charge >= 0.3 is 0 Å². The molecule has 2 saturated carbocycles. The summed E-state index contributed by atoms with van der Waals surface area (Å²) in [5.41, 5.74) is 0.665. The van der Waals surface area contributed by atoms with Gasteiger partial charge in [0.05, 0.1) is 12.8 Å². The molecule has 2 aliphatic carbocycles. The van der Waals surface area contributed by atoms with Crippen LogP contribution in [0.5, 0.6) is 5.88 Å². The number of ether oxygens (including phenoxy) is 1. The maximum Gasteiger partial charge on any atom is 0.261 e. The third kappa shape index (κ3) is 4.17. The lowest BCUT2D eigenvalue weighted by Gasteiger charge is -2.40. The Labute approximate surface area is 163 Å². The maximum absolute atomic E-state index is 13.4. The van der Waals surface area contributed by atoms with Crippen molar-refractivity contribution < 1.29 is 9.53 Å². The lowest BCUT2D eigenvalue weighted by atomic mass is 9.85. The predicted molar refractivity (Wildman–Crippen MR) is 106 cm³/mol. The number of aryl methyl sites for hydroxylation is 1. The Morgan fingerprint density at radius 1 is 1.04 bits per heavy atom. The topological polar surface area (TPSA) is 47.4 Å². The molecule has 0 unspecified atom stereocenters. The van der Waals surface area contributed by atoms with E-state index in [1.54, 1.807) is 10.9 Å². The molecule has 150 valence electrons. The summed E-state index contributed by atoms with van der Waals surface area (Å²) in [6.45, 7) is 1.60. The maximum atomic E-state index is 13.4. The molecule has 1 saturated heterocycles. The van der Waals surface area contributed by atoms with Crippen LogP contribution in [-0.4, -0.2) is 39.8 Å². The summed E-state index contributed by atoms with van der Waals surface area (Å²) in [7, 11) is 1.89. The van der Waals surface area contributed by atoms with Crippen LogP contribution in [0.1, 0.15) is 87.4 Å². The van der Waals surface area contributed by atoms with Gasteiger partial charge in [-0.2, -0.15) is 5.10 Å². The molecule has 0 spiro atoms. The summed E-state index contributed by atoms with van der Waals surface area (Å²) in [5.74, 6) is 2.12. The minimum absolute atomic E-state index is 0.137. The van der Waals surface area contributed by atoms with Gasteiger partial charge in [-0.05, 0) is 50.4 Å². The number of hydrogen-bond acceptors (Lipinski definition) is 3. The normalized spacial score (nSPS) is 27.1. The Bertz CT molecular complexity index is 636. The van der Waals surface area contributed by atoms with Crippen LogP contribution in [0.2, 0.25) is 0 Å². The van der Waals surface area contributed by atoms with Gasteiger partial charge in [-0.3, -0.25) is 4.79 Å². The van der Waals surface area contributed by atoms with E-state index in [0.717, 1.165) is 19.4 Å². The van der Waals surface area contributed by atoms with Crippen LogP contribution in [0.25, 0.3) is 0 Å². The number of nitrogens with zero attached hydrogens (tertiary/aromatic N) is 3. The van der Waals surface area contributed by atoms with E-state index in [1.807, 2.05) is 7.05 Å². The highest BCUT2D eigenvalue weighted by Crippen LogP contribution is 2.36. The molecule has 1 aromatic heterocycles. The van der Waals surface area contributed by atoms with E-state index in [-0.39, 0.29) is 5.91 Å². The van der Waals surface area contributed by atoms with Crippen molar-refractivity contribution in [3.05, 3.63) is 11.8 Å². The Kier molecular flexibility index (Phi) is 6.04. The molecule has 3 fully saturated rings. The highest BCUT2D eigenvalue weighted by molar-refractivity contribution is 5.96. The smallest absolute Gasteiger partial charge is 0.261 e. The molecule has 2 heterocycles. The molecular formula is C22H35N3O2. The monoisotopic (exact) mass is 373 g/mol. The zero-order valence-electron chi connectivity index (χ0n) is 16.9. The fourth-order valence-corrected chi connectivity index (χ4v) is 5.50. The second-order valence-electron chi connectivity index (χ2n) is 8.91. The number of fused-ring (bicyclic) bond motifs is 1. The minimum Gasteiger partial charge on any atom is -0.477 e. The number of likely N-dealkylation sites (tertiary alicyclic amines) is 1. The number of carbonyl (C=O) groups excluding carboxylic acids is 1. The molecule has 0 radical (unpaired) electrons. The van der Waals surface area contributed by atoms with Gasteiger partial charge in [-0.1, -0.05) is 38.5 Å². The van der Waals surface area contributed by atoms with Crippen LogP contribution < -0.4 is 4.74 Å². The number of rotatable bonds is 4. The van der Waals surface area contributed by atoms with Crippen molar-refractivity contribution in [2.75, 3.05) is 13.2 Å². The van der Waals surface area contributed by atoms with Gasteiger partial charge in [0.2, 0.25) is 5.88 Å². The first-order valence-corrected chi connectivity index (χ1v) is 11.2. The van der Waals surface area contributed by atoms with E-state index in [0.29, 0.717) is 35.9 Å². The Morgan fingerprint density at radius 2 is 1.74 bits per heavy atom. The zero-order valence-corrected chi connectivity index (χ0v) is 16.9. The van der Waals surface area contributed by atoms with Crippen molar-refractivity contribution in [3.8, 4) is 5.88 Å². The molecule has 3 aliphatic rings. The van der Waals surface area contributed by atoms with Crippen LogP contribution in [0.4, 0.5) is 0 Å². The van der Waals surface area contributed by atoms with E-state index >= 15 is 0 Å². The fraction of sp³-hybridized carbons (Fsp3) is 0.818. The first-order chi connectivity index (χ1) is 13.2. The van der Waals surface area contributed by atoms with Gasteiger partial charge in [0.1, 0.15) is 5.56 Å². The molecule has 1 aliphatic heterocycles. The van der Waals surface area contributed by atoms with Crippen molar-refractivity contribution in [1.29, 1.82) is 0 Å². The quantitative estimate of drug-likeness (QED) is 0.777. The lowest BCUT2D eigenvalue weighted by Crippen LogP contribution is -2.48. The van der Waals surface area contributed by atoms with Crippen LogP contribution >= 0.6 is 0 Å². The average Bonchev–Trinajstić information content (AvgIpc) is 2.91. The molecule has 27 heavy (non-hydrogen) atoms. The second kappa shape index (κ2) is 8.66. The molecule has 5 nitrogen and oxygen atoms in total. The van der Waals surface area contributed by atoms with Crippen molar-refractivity contribution >= 4 is 5.91 Å². The first-order valence-electron chi connectivity index (χ1n) is 11.2. The standard InChI is InChI=1S/C22H35N3O2/c1-24-22(27-16-17-9-4-2-5-10-17)19(15-23-24)21(26)25-14-8-12-18-11-6-3-7-13-20(18)25/h15,17-18,20H,2-14,16H2,1H3/t18-,20-/m0/s1. The molecule has 0 aromatic carbocycles. The van der Waals surface area contributed by atoms with Crippen LogP contribution in [0, 0.1) is 11.8 Å². The third-order valence-electron chi connectivity index (χ3n) is 7.05. The molecule has 0 bridgehead atoms. The van der Waals surface area contributed by atoms with Gasteiger partial charge < -0.3 is 9.64 Å². The van der Waals surface area contributed by atoms with E-state index < -0.39 is 0 Å². The third-order valence-corrected chi connectivity index (χ3v) is 7.05. The summed E-state index contributed by atoms with van der Waals surface area (Å²) in [5, 5.41) is 4.36. The number of hydrogen-bond donors (Lipinski definition) is 0. The molecule has 5 heteroatoms. The number of piperidine rings is 1.